The lowest BCUT2D eigenvalue weighted by molar-refractivity contribution is -0.831. The van der Waals surface area contributed by atoms with Crippen LogP contribution in [-0.2, 0) is 25.3 Å². The molecule has 9 nitrogen and oxygen atoms in total. The van der Waals surface area contributed by atoms with Crippen molar-refractivity contribution in [2.24, 2.45) is 5.92 Å². The third-order valence-electron chi connectivity index (χ3n) is 7.40. The van der Waals surface area contributed by atoms with E-state index < -0.39 is 18.6 Å². The fourth-order valence-corrected chi connectivity index (χ4v) is 5.84. The predicted octanol–water partition coefficient (Wildman–Crippen LogP) is 1.38. The summed E-state index contributed by atoms with van der Waals surface area (Å²) in [7, 11) is 0. The molecule has 0 spiro atoms. The first-order valence-corrected chi connectivity index (χ1v) is 12.7. The number of nitrogens with one attached hydrogen (secondary N) is 2. The van der Waals surface area contributed by atoms with Crippen molar-refractivity contribution < 1.29 is 28.5 Å². The van der Waals surface area contributed by atoms with Crippen LogP contribution in [0.5, 0.6) is 0 Å². The van der Waals surface area contributed by atoms with Gasteiger partial charge in [0.2, 0.25) is 0 Å². The third kappa shape index (κ3) is 5.34. The third-order valence-corrected chi connectivity index (χ3v) is 7.40. The summed E-state index contributed by atoms with van der Waals surface area (Å²) in [6.07, 6.45) is 5.43. The Morgan fingerprint density at radius 1 is 1.19 bits per heavy atom. The molecule has 1 aromatic heterocycles. The number of amides is 1. The molecule has 6 atom stereocenters. The molecule has 2 saturated heterocycles. The van der Waals surface area contributed by atoms with Gasteiger partial charge in [-0.25, -0.2) is 9.78 Å². The molecular formula is C26H35BN4O5. The normalized spacial score (nSPS) is 26.8. The van der Waals surface area contributed by atoms with Crippen molar-refractivity contribution in [3.63, 3.8) is 0 Å². The number of fused-ring (bicyclic) bond motifs is 1. The number of ketones is 1. The molecule has 2 aromatic rings. The molecule has 2 N–H and O–H groups in total. The Hall–Kier alpha value is -3.11. The van der Waals surface area contributed by atoms with Crippen LogP contribution in [0.2, 0.25) is 5.82 Å². The molecule has 2 aliphatic heterocycles. The number of aromatic nitrogens is 2. The number of hydrogen-bond acceptors (Lipinski definition) is 7. The number of Topliss-reactive ketones (excluding diaryl/α,β-unsaturated/α-hetero) is 1. The first-order chi connectivity index (χ1) is 17.2. The number of benzene rings is 1. The van der Waals surface area contributed by atoms with Gasteiger partial charge in [-0.3, -0.25) is 14.6 Å². The molecule has 1 amide bonds. The van der Waals surface area contributed by atoms with Crippen LogP contribution in [0.15, 0.2) is 48.9 Å². The molecule has 4 rings (SSSR count). The topological polar surface area (TPSA) is 112 Å². The van der Waals surface area contributed by atoms with E-state index in [-0.39, 0.29) is 47.7 Å². The second-order valence-corrected chi connectivity index (χ2v) is 10.5. The molecule has 0 bridgehead atoms. The molecular weight excluding hydrogens is 459 g/mol. The van der Waals surface area contributed by atoms with E-state index in [2.05, 4.69) is 29.1 Å². The van der Waals surface area contributed by atoms with Gasteiger partial charge >= 0.3 is 12.7 Å². The first kappa shape index (κ1) is 26.0. The van der Waals surface area contributed by atoms with E-state index in [0.717, 1.165) is 10.4 Å². The second-order valence-electron chi connectivity index (χ2n) is 10.5. The van der Waals surface area contributed by atoms with Crippen molar-refractivity contribution in [2.75, 3.05) is 6.61 Å². The first-order valence-electron chi connectivity index (χ1n) is 12.7. The fraction of sp³-hybridized carbons (Fsp3) is 0.500. The molecule has 3 heterocycles. The average molecular weight is 494 g/mol. The van der Waals surface area contributed by atoms with Gasteiger partial charge in [0.15, 0.2) is 5.78 Å². The van der Waals surface area contributed by atoms with Gasteiger partial charge in [0.1, 0.15) is 11.7 Å². The zero-order valence-electron chi connectivity index (χ0n) is 21.3. The maximum absolute atomic E-state index is 13.8. The monoisotopic (exact) mass is 494 g/mol. The van der Waals surface area contributed by atoms with Crippen molar-refractivity contribution in [1.29, 1.82) is 0 Å². The molecule has 0 saturated carbocycles. The molecule has 36 heavy (non-hydrogen) atoms. The second kappa shape index (κ2) is 10.9. The number of nitrogens with zero attached hydrogens (tertiary/aromatic N) is 2. The highest BCUT2D eigenvalue weighted by molar-refractivity contribution is 6.64. The molecule has 10 heteroatoms. The molecule has 2 fully saturated rings. The maximum atomic E-state index is 13.8. The fourth-order valence-electron chi connectivity index (χ4n) is 5.84. The van der Waals surface area contributed by atoms with E-state index in [1.807, 2.05) is 44.2 Å². The molecule has 2 aliphatic rings. The van der Waals surface area contributed by atoms with Crippen molar-refractivity contribution in [3.05, 3.63) is 60.2 Å². The van der Waals surface area contributed by atoms with Gasteiger partial charge in [0, 0.05) is 12.4 Å². The molecule has 1 aromatic carbocycles. The smallest absolute Gasteiger partial charge is 0.530 e. The van der Waals surface area contributed by atoms with E-state index >= 15 is 0 Å². The van der Waals surface area contributed by atoms with Gasteiger partial charge in [-0.1, -0.05) is 50.6 Å². The number of hydrogen-bond donors (Lipinski definition) is 2. The Kier molecular flexibility index (Phi) is 7.85. The van der Waals surface area contributed by atoms with E-state index in [0.29, 0.717) is 19.4 Å². The summed E-state index contributed by atoms with van der Waals surface area (Å²) in [6.45, 7) is 6.51. The van der Waals surface area contributed by atoms with E-state index in [1.165, 1.54) is 18.6 Å². The standard InChI is InChI=1S/C26H35BN4O5/c1-17(2)12-21(27-31(18(3)16-35-27)19(4)26(34)36-27)14-24(32)22(13-20-8-6-5-7-9-20)30-25(33)23-15-28-10-11-29-23/h5-11,15,17-19,21-22,31H,12-14,16H2,1-4H3,(H,30,33)/t18-,19+,21+,22-,27?/m0/s1. The Morgan fingerprint density at radius 3 is 2.61 bits per heavy atom. The van der Waals surface area contributed by atoms with Crippen LogP contribution in [0.1, 0.15) is 56.6 Å². The van der Waals surface area contributed by atoms with Crippen LogP contribution in [0.25, 0.3) is 0 Å². The van der Waals surface area contributed by atoms with Gasteiger partial charge in [-0.05, 0) is 44.0 Å². The quantitative estimate of drug-likeness (QED) is 0.480. The predicted molar refractivity (Wildman–Crippen MR) is 134 cm³/mol. The highest BCUT2D eigenvalue weighted by Crippen LogP contribution is 2.36. The molecule has 2 unspecified atom stereocenters. The minimum absolute atomic E-state index is 0.0905. The van der Waals surface area contributed by atoms with Crippen molar-refractivity contribution >= 4 is 24.3 Å². The summed E-state index contributed by atoms with van der Waals surface area (Å²) < 4.78 is 12.2. The number of carbonyl (C=O) groups is 3. The highest BCUT2D eigenvalue weighted by atomic mass is 16.7. The molecule has 0 aliphatic carbocycles. The van der Waals surface area contributed by atoms with Gasteiger partial charge in [0.25, 0.3) is 5.91 Å². The summed E-state index contributed by atoms with van der Waals surface area (Å²) in [5.74, 6) is -0.903. The Bertz CT molecular complexity index is 1090. The lowest BCUT2D eigenvalue weighted by Gasteiger charge is -2.40. The Labute approximate surface area is 212 Å². The van der Waals surface area contributed by atoms with E-state index in [4.69, 9.17) is 9.31 Å². The number of carbonyl (C=O) groups excluding carboxylic acids is 3. The van der Waals surface area contributed by atoms with Gasteiger partial charge in [-0.2, -0.15) is 0 Å². The van der Waals surface area contributed by atoms with Gasteiger partial charge in [-0.15, -0.1) is 0 Å². The van der Waals surface area contributed by atoms with E-state index in [9.17, 15) is 14.4 Å². The number of quaternary nitrogens is 1. The zero-order valence-corrected chi connectivity index (χ0v) is 21.3. The summed E-state index contributed by atoms with van der Waals surface area (Å²) in [4.78, 5) is 48.4. The molecule has 0 radical (unpaired) electrons. The average Bonchev–Trinajstić information content (AvgIpc) is 3.33. The molecule has 192 valence electrons. The summed E-state index contributed by atoms with van der Waals surface area (Å²) in [5, 5.41) is 2.88. The summed E-state index contributed by atoms with van der Waals surface area (Å²) in [6, 6.07) is 8.54. The van der Waals surface area contributed by atoms with Crippen LogP contribution in [0.3, 0.4) is 0 Å². The SMILES string of the molecule is CC(C)C[C@H](CC(=O)[C@H](Cc1ccccc1)NC(=O)c1cnccn1)[B-]12OC[C@H](C)[NH+]1[C@H](C)C(=O)O2. The van der Waals surface area contributed by atoms with Crippen molar-refractivity contribution in [3.8, 4) is 0 Å². The van der Waals surface area contributed by atoms with Crippen LogP contribution in [0.4, 0.5) is 0 Å². The maximum Gasteiger partial charge on any atom is 0.530 e. The van der Waals surface area contributed by atoms with Crippen molar-refractivity contribution in [2.45, 2.75) is 70.9 Å². The number of rotatable bonds is 10. The van der Waals surface area contributed by atoms with Crippen LogP contribution >= 0.6 is 0 Å². The largest absolute Gasteiger partial charge is 0.611 e. The highest BCUT2D eigenvalue weighted by Gasteiger charge is 2.64. The minimum Gasteiger partial charge on any atom is -0.611 e. The van der Waals surface area contributed by atoms with Crippen molar-refractivity contribution in [1.82, 2.24) is 15.3 Å². The van der Waals surface area contributed by atoms with Crippen LogP contribution in [-0.4, -0.2) is 59.0 Å². The van der Waals surface area contributed by atoms with Crippen LogP contribution in [0, 0.1) is 5.92 Å². The lowest BCUT2D eigenvalue weighted by atomic mass is 9.53. The summed E-state index contributed by atoms with van der Waals surface area (Å²) in [5.41, 5.74) is 1.07. The summed E-state index contributed by atoms with van der Waals surface area (Å²) >= 11 is 0. The lowest BCUT2D eigenvalue weighted by Crippen LogP contribution is -3.25. The minimum atomic E-state index is -2.04. The Morgan fingerprint density at radius 2 is 1.94 bits per heavy atom. The van der Waals surface area contributed by atoms with Gasteiger partial charge in [0.05, 0.1) is 24.9 Å². The van der Waals surface area contributed by atoms with E-state index in [1.54, 1.807) is 0 Å². The van der Waals surface area contributed by atoms with Gasteiger partial charge < -0.3 is 19.4 Å². The Balaban J connectivity index is 1.60. The van der Waals surface area contributed by atoms with Crippen LogP contribution < -0.4 is 10.1 Å². The zero-order chi connectivity index (χ0) is 25.9.